The highest BCUT2D eigenvalue weighted by Gasteiger charge is 2.23. The van der Waals surface area contributed by atoms with E-state index >= 15 is 0 Å². The van der Waals surface area contributed by atoms with Crippen LogP contribution in [0.1, 0.15) is 43.7 Å². The number of esters is 1. The first kappa shape index (κ1) is 16.6. The molecule has 1 aromatic carbocycles. The van der Waals surface area contributed by atoms with Gasteiger partial charge in [-0.3, -0.25) is 9.59 Å². The van der Waals surface area contributed by atoms with E-state index in [-0.39, 0.29) is 18.4 Å². The molecule has 3 rings (SSSR count). The van der Waals surface area contributed by atoms with Crippen molar-refractivity contribution in [2.75, 3.05) is 0 Å². The van der Waals surface area contributed by atoms with Crippen LogP contribution in [0.4, 0.5) is 0 Å². The zero-order valence-corrected chi connectivity index (χ0v) is 14.1. The van der Waals surface area contributed by atoms with Crippen LogP contribution < -0.4 is 5.32 Å². The number of carbonyl (C=O) groups is 2. The van der Waals surface area contributed by atoms with Crippen LogP contribution >= 0.6 is 0 Å². The van der Waals surface area contributed by atoms with Crippen LogP contribution in [0, 0.1) is 6.92 Å². The summed E-state index contributed by atoms with van der Waals surface area (Å²) in [5.74, 6) is -0.643. The number of hydrogen-bond acceptors (Lipinski definition) is 4. The van der Waals surface area contributed by atoms with Gasteiger partial charge in [-0.1, -0.05) is 25.0 Å². The molecule has 1 heterocycles. The van der Waals surface area contributed by atoms with Crippen LogP contribution in [-0.4, -0.2) is 24.0 Å². The molecule has 0 saturated heterocycles. The van der Waals surface area contributed by atoms with Gasteiger partial charge in [0.2, 0.25) is 0 Å². The molecule has 5 nitrogen and oxygen atoms in total. The van der Waals surface area contributed by atoms with Gasteiger partial charge in [0.25, 0.3) is 5.91 Å². The fourth-order valence-corrected chi connectivity index (χ4v) is 3.16. The predicted octanol–water partition coefficient (Wildman–Crippen LogP) is 3.27. The van der Waals surface area contributed by atoms with Crippen LogP contribution in [0.3, 0.4) is 0 Å². The lowest BCUT2D eigenvalue weighted by molar-refractivity contribution is -0.154. The molecule has 0 unspecified atom stereocenters. The molecule has 1 aliphatic carbocycles. The van der Waals surface area contributed by atoms with Gasteiger partial charge in [0.1, 0.15) is 5.58 Å². The van der Waals surface area contributed by atoms with Gasteiger partial charge in [-0.05, 0) is 38.3 Å². The summed E-state index contributed by atoms with van der Waals surface area (Å²) >= 11 is 0. The zero-order chi connectivity index (χ0) is 17.1. The van der Waals surface area contributed by atoms with Crippen LogP contribution in [0.15, 0.2) is 28.9 Å². The standard InChI is InChI=1S/C19H23NO4/c1-12-7-8-16-14(11-23-17(16)9-12)10-18(21)24-13(2)19(22)20-15-5-3-4-6-15/h7-9,11,13,15H,3-6,10H2,1-2H3,(H,20,22)/t13-/m0/s1. The van der Waals surface area contributed by atoms with Crippen LogP contribution in [0.25, 0.3) is 11.0 Å². The lowest BCUT2D eigenvalue weighted by atomic mass is 10.1. The summed E-state index contributed by atoms with van der Waals surface area (Å²) in [6.07, 6.45) is 5.20. The molecule has 0 radical (unpaired) electrons. The molecule has 1 aromatic heterocycles. The van der Waals surface area contributed by atoms with E-state index in [0.29, 0.717) is 0 Å². The lowest BCUT2D eigenvalue weighted by Crippen LogP contribution is -2.41. The van der Waals surface area contributed by atoms with Gasteiger partial charge < -0.3 is 14.5 Å². The van der Waals surface area contributed by atoms with E-state index in [0.717, 1.165) is 47.8 Å². The van der Waals surface area contributed by atoms with E-state index in [4.69, 9.17) is 9.15 Å². The summed E-state index contributed by atoms with van der Waals surface area (Å²) in [7, 11) is 0. The predicted molar refractivity (Wildman–Crippen MR) is 90.6 cm³/mol. The molecule has 24 heavy (non-hydrogen) atoms. The summed E-state index contributed by atoms with van der Waals surface area (Å²) in [5.41, 5.74) is 2.63. The van der Waals surface area contributed by atoms with Crippen molar-refractivity contribution in [3.05, 3.63) is 35.6 Å². The van der Waals surface area contributed by atoms with Crippen molar-refractivity contribution in [2.45, 2.75) is 58.1 Å². The van der Waals surface area contributed by atoms with E-state index in [9.17, 15) is 9.59 Å². The first-order chi connectivity index (χ1) is 11.5. The van der Waals surface area contributed by atoms with Gasteiger partial charge in [0.05, 0.1) is 12.7 Å². The van der Waals surface area contributed by atoms with E-state index in [2.05, 4.69) is 5.32 Å². The molecular weight excluding hydrogens is 306 g/mol. The van der Waals surface area contributed by atoms with Crippen LogP contribution in [-0.2, 0) is 20.7 Å². The van der Waals surface area contributed by atoms with Crippen molar-refractivity contribution in [3.8, 4) is 0 Å². The van der Waals surface area contributed by atoms with Crippen molar-refractivity contribution in [2.24, 2.45) is 0 Å². The van der Waals surface area contributed by atoms with Gasteiger partial charge >= 0.3 is 5.97 Å². The third kappa shape index (κ3) is 3.78. The largest absolute Gasteiger partial charge is 0.464 e. The van der Waals surface area contributed by atoms with E-state index in [1.54, 1.807) is 13.2 Å². The number of furan rings is 1. The molecule has 1 amide bonds. The Balaban J connectivity index is 1.56. The highest BCUT2D eigenvalue weighted by Crippen LogP contribution is 2.23. The number of rotatable bonds is 5. The Morgan fingerprint density at radius 1 is 1.33 bits per heavy atom. The minimum Gasteiger partial charge on any atom is -0.464 e. The highest BCUT2D eigenvalue weighted by atomic mass is 16.5. The molecular formula is C19H23NO4. The SMILES string of the molecule is Cc1ccc2c(CC(=O)O[C@@H](C)C(=O)NC3CCCC3)coc2c1. The summed E-state index contributed by atoms with van der Waals surface area (Å²) < 4.78 is 10.8. The second-order valence-electron chi connectivity index (χ2n) is 6.56. The van der Waals surface area contributed by atoms with Crippen LogP contribution in [0.2, 0.25) is 0 Å². The van der Waals surface area contributed by atoms with Gasteiger partial charge in [-0.2, -0.15) is 0 Å². The normalized spacial score (nSPS) is 16.2. The summed E-state index contributed by atoms with van der Waals surface area (Å²) in [6, 6.07) is 6.07. The third-order valence-corrected chi connectivity index (χ3v) is 4.53. The molecule has 1 saturated carbocycles. The Hall–Kier alpha value is -2.30. The molecule has 0 bridgehead atoms. The Labute approximate surface area is 141 Å². The van der Waals surface area contributed by atoms with E-state index in [1.807, 2.05) is 25.1 Å². The highest BCUT2D eigenvalue weighted by molar-refractivity contribution is 5.88. The quantitative estimate of drug-likeness (QED) is 0.855. The molecule has 1 fully saturated rings. The average molecular weight is 329 g/mol. The minimum atomic E-state index is -0.779. The Bertz CT molecular complexity index is 743. The van der Waals surface area contributed by atoms with Gasteiger partial charge in [-0.15, -0.1) is 0 Å². The number of carbonyl (C=O) groups excluding carboxylic acids is 2. The fraction of sp³-hybridized carbons (Fsp3) is 0.474. The van der Waals surface area contributed by atoms with Crippen molar-refractivity contribution in [1.82, 2.24) is 5.32 Å². The number of ether oxygens (including phenoxy) is 1. The number of aryl methyl sites for hydroxylation is 1. The second kappa shape index (κ2) is 7.07. The topological polar surface area (TPSA) is 68.5 Å². The molecule has 128 valence electrons. The number of fused-ring (bicyclic) bond motifs is 1. The maximum Gasteiger partial charge on any atom is 0.311 e. The molecule has 0 aliphatic heterocycles. The number of amides is 1. The second-order valence-corrected chi connectivity index (χ2v) is 6.56. The monoisotopic (exact) mass is 329 g/mol. The smallest absolute Gasteiger partial charge is 0.311 e. The Kier molecular flexibility index (Phi) is 4.88. The van der Waals surface area contributed by atoms with Gasteiger partial charge in [0, 0.05) is 17.0 Å². The summed E-state index contributed by atoms with van der Waals surface area (Å²) in [5, 5.41) is 3.85. The number of nitrogens with one attached hydrogen (secondary N) is 1. The Morgan fingerprint density at radius 2 is 2.08 bits per heavy atom. The van der Waals surface area contributed by atoms with E-state index in [1.165, 1.54) is 0 Å². The maximum atomic E-state index is 12.1. The van der Waals surface area contributed by atoms with Gasteiger partial charge in [-0.25, -0.2) is 0 Å². The van der Waals surface area contributed by atoms with E-state index < -0.39 is 12.1 Å². The van der Waals surface area contributed by atoms with Crippen molar-refractivity contribution < 1.29 is 18.7 Å². The summed E-state index contributed by atoms with van der Waals surface area (Å²) in [6.45, 7) is 3.60. The van der Waals surface area contributed by atoms with Gasteiger partial charge in [0.15, 0.2) is 6.10 Å². The van der Waals surface area contributed by atoms with Crippen molar-refractivity contribution >= 4 is 22.8 Å². The lowest BCUT2D eigenvalue weighted by Gasteiger charge is -2.17. The third-order valence-electron chi connectivity index (χ3n) is 4.53. The molecule has 2 aromatic rings. The van der Waals surface area contributed by atoms with Crippen molar-refractivity contribution in [3.63, 3.8) is 0 Å². The average Bonchev–Trinajstić information content (AvgIpc) is 3.17. The first-order valence-corrected chi connectivity index (χ1v) is 8.49. The number of hydrogen-bond donors (Lipinski definition) is 1. The molecule has 0 spiro atoms. The van der Waals surface area contributed by atoms with Crippen molar-refractivity contribution in [1.29, 1.82) is 0 Å². The first-order valence-electron chi connectivity index (χ1n) is 8.49. The fourth-order valence-electron chi connectivity index (χ4n) is 3.16. The summed E-state index contributed by atoms with van der Waals surface area (Å²) in [4.78, 5) is 24.2. The molecule has 5 heteroatoms. The molecule has 1 N–H and O–H groups in total. The zero-order valence-electron chi connectivity index (χ0n) is 14.1. The number of benzene rings is 1. The Morgan fingerprint density at radius 3 is 2.83 bits per heavy atom. The molecule has 1 aliphatic rings. The minimum absolute atomic E-state index is 0.0944. The maximum absolute atomic E-state index is 12.1. The van der Waals surface area contributed by atoms with Crippen LogP contribution in [0.5, 0.6) is 0 Å². The molecule has 1 atom stereocenters.